The van der Waals surface area contributed by atoms with Gasteiger partial charge in [0, 0.05) is 26.0 Å². The van der Waals surface area contributed by atoms with E-state index in [1.807, 2.05) is 35.9 Å². The smallest absolute Gasteiger partial charge is 0.387 e. The molecule has 0 N–H and O–H groups in total. The van der Waals surface area contributed by atoms with Gasteiger partial charge in [-0.3, -0.25) is 4.79 Å². The lowest BCUT2D eigenvalue weighted by Crippen LogP contribution is -2.26. The van der Waals surface area contributed by atoms with Crippen LogP contribution in [-0.4, -0.2) is 40.5 Å². The summed E-state index contributed by atoms with van der Waals surface area (Å²) in [7, 11) is 1.66. The summed E-state index contributed by atoms with van der Waals surface area (Å²) in [6.07, 6.45) is 3.82. The minimum absolute atomic E-state index is 0.0505. The molecule has 9 heteroatoms. The Morgan fingerprint density at radius 2 is 1.86 bits per heavy atom. The molecule has 0 bridgehead atoms. The van der Waals surface area contributed by atoms with E-state index in [0.717, 1.165) is 16.9 Å². The summed E-state index contributed by atoms with van der Waals surface area (Å²) in [5.41, 5.74) is 3.77. The number of imidazole rings is 1. The quantitative estimate of drug-likeness (QED) is 0.291. The van der Waals surface area contributed by atoms with Gasteiger partial charge in [0.2, 0.25) is 0 Å². The molecule has 4 rings (SSSR count). The van der Waals surface area contributed by atoms with Crippen LogP contribution in [0.15, 0.2) is 67.0 Å². The molecule has 0 aliphatic rings. The third-order valence-corrected chi connectivity index (χ3v) is 5.51. The summed E-state index contributed by atoms with van der Waals surface area (Å²) in [5.74, 6) is 0.342. The first-order valence-corrected chi connectivity index (χ1v) is 11.5. The second-order valence-electron chi connectivity index (χ2n) is 8.19. The van der Waals surface area contributed by atoms with Gasteiger partial charge in [0.05, 0.1) is 17.9 Å². The number of amides is 1. The average molecular weight is 496 g/mol. The van der Waals surface area contributed by atoms with Crippen LogP contribution in [0.1, 0.15) is 34.1 Å². The average Bonchev–Trinajstić information content (AvgIpc) is 3.28. The van der Waals surface area contributed by atoms with Gasteiger partial charge in [-0.05, 0) is 55.3 Å². The van der Waals surface area contributed by atoms with Crippen molar-refractivity contribution in [3.63, 3.8) is 0 Å². The van der Waals surface area contributed by atoms with Crippen LogP contribution in [-0.2, 0) is 13.2 Å². The van der Waals surface area contributed by atoms with Gasteiger partial charge in [-0.2, -0.15) is 8.78 Å². The molecule has 0 spiro atoms. The summed E-state index contributed by atoms with van der Waals surface area (Å²) < 4.78 is 43.2. The lowest BCUT2D eigenvalue weighted by atomic mass is 10.1. The van der Waals surface area contributed by atoms with Gasteiger partial charge >= 0.3 is 6.61 Å². The topological polar surface area (TPSA) is 65.3 Å². The zero-order valence-electron chi connectivity index (χ0n) is 20.3. The number of aromatic nitrogens is 2. The fraction of sp³-hybridized carbons (Fsp3) is 0.259. The first kappa shape index (κ1) is 25.0. The molecule has 0 unspecified atom stereocenters. The van der Waals surface area contributed by atoms with Crippen molar-refractivity contribution in [1.29, 1.82) is 0 Å². The van der Waals surface area contributed by atoms with Crippen LogP contribution in [0.4, 0.5) is 8.78 Å². The minimum atomic E-state index is -2.96. The van der Waals surface area contributed by atoms with Gasteiger partial charge in [-0.1, -0.05) is 24.3 Å². The number of hydrogen-bond donors (Lipinski definition) is 0. The lowest BCUT2D eigenvalue weighted by molar-refractivity contribution is -0.0514. The van der Waals surface area contributed by atoms with Crippen molar-refractivity contribution in [2.75, 3.05) is 13.7 Å². The Hall–Kier alpha value is -4.14. The van der Waals surface area contributed by atoms with Crippen molar-refractivity contribution in [1.82, 2.24) is 14.3 Å². The summed E-state index contributed by atoms with van der Waals surface area (Å²) in [4.78, 5) is 19.4. The Bertz CT molecular complexity index is 1360. The van der Waals surface area contributed by atoms with Crippen molar-refractivity contribution in [3.05, 3.63) is 89.4 Å². The standard InChI is InChI=1S/C27H27F2N3O4/c1-4-34-24-14-19(11-12-23(24)36-27(28)29)15-31(3)26(33)21-9-5-6-10-22(21)35-17-20-16-32-13-7-8-18(2)25(32)30-20/h5-14,16,27H,4,15,17H2,1-3H3. The number of pyridine rings is 1. The van der Waals surface area contributed by atoms with Crippen molar-refractivity contribution in [2.24, 2.45) is 0 Å². The van der Waals surface area contributed by atoms with Crippen LogP contribution in [0.3, 0.4) is 0 Å². The van der Waals surface area contributed by atoms with E-state index < -0.39 is 6.61 Å². The highest BCUT2D eigenvalue weighted by molar-refractivity contribution is 5.96. The molecule has 7 nitrogen and oxygen atoms in total. The molecule has 0 aliphatic carbocycles. The van der Waals surface area contributed by atoms with Crippen LogP contribution in [0.25, 0.3) is 5.65 Å². The Labute approximate surface area is 207 Å². The Kier molecular flexibility index (Phi) is 7.68. The van der Waals surface area contributed by atoms with E-state index in [1.54, 1.807) is 50.4 Å². The van der Waals surface area contributed by atoms with Gasteiger partial charge in [0.25, 0.3) is 5.91 Å². The highest BCUT2D eigenvalue weighted by Crippen LogP contribution is 2.30. The van der Waals surface area contributed by atoms with E-state index in [2.05, 4.69) is 9.72 Å². The highest BCUT2D eigenvalue weighted by Gasteiger charge is 2.19. The van der Waals surface area contributed by atoms with Crippen LogP contribution in [0, 0.1) is 6.92 Å². The normalized spacial score (nSPS) is 11.1. The number of alkyl halides is 2. The fourth-order valence-corrected chi connectivity index (χ4v) is 3.86. The van der Waals surface area contributed by atoms with Crippen LogP contribution >= 0.6 is 0 Å². The number of carbonyl (C=O) groups is 1. The number of rotatable bonds is 10. The molecular weight excluding hydrogens is 468 g/mol. The number of halogens is 2. The molecule has 36 heavy (non-hydrogen) atoms. The lowest BCUT2D eigenvalue weighted by Gasteiger charge is -2.20. The number of benzene rings is 2. The summed E-state index contributed by atoms with van der Waals surface area (Å²) in [6, 6.07) is 15.6. The SMILES string of the molecule is CCOc1cc(CN(C)C(=O)c2ccccc2OCc2cn3cccc(C)c3n2)ccc1OC(F)F. The maximum absolute atomic E-state index is 13.3. The molecule has 0 radical (unpaired) electrons. The third kappa shape index (κ3) is 5.73. The highest BCUT2D eigenvalue weighted by atomic mass is 19.3. The Morgan fingerprint density at radius 1 is 1.06 bits per heavy atom. The predicted octanol–water partition coefficient (Wildman–Crippen LogP) is 5.49. The largest absolute Gasteiger partial charge is 0.490 e. The van der Waals surface area contributed by atoms with Gasteiger partial charge in [0.15, 0.2) is 11.5 Å². The van der Waals surface area contributed by atoms with E-state index in [-0.39, 0.29) is 37.2 Å². The van der Waals surface area contributed by atoms with E-state index >= 15 is 0 Å². The van der Waals surface area contributed by atoms with Gasteiger partial charge < -0.3 is 23.5 Å². The number of fused-ring (bicyclic) bond motifs is 1. The number of ether oxygens (including phenoxy) is 3. The maximum Gasteiger partial charge on any atom is 0.387 e. The number of hydrogen-bond acceptors (Lipinski definition) is 5. The van der Waals surface area contributed by atoms with Crippen LogP contribution < -0.4 is 14.2 Å². The van der Waals surface area contributed by atoms with E-state index in [4.69, 9.17) is 9.47 Å². The van der Waals surface area contributed by atoms with E-state index in [9.17, 15) is 13.6 Å². The molecule has 0 atom stereocenters. The second kappa shape index (κ2) is 11.1. The van der Waals surface area contributed by atoms with Gasteiger partial charge in [-0.15, -0.1) is 0 Å². The predicted molar refractivity (Wildman–Crippen MR) is 131 cm³/mol. The zero-order chi connectivity index (χ0) is 25.7. The molecule has 2 heterocycles. The minimum Gasteiger partial charge on any atom is -0.490 e. The first-order chi connectivity index (χ1) is 17.4. The number of aryl methyl sites for hydroxylation is 1. The monoisotopic (exact) mass is 495 g/mol. The summed E-state index contributed by atoms with van der Waals surface area (Å²) in [6.45, 7) is 1.51. The Balaban J connectivity index is 1.47. The molecule has 2 aromatic carbocycles. The molecule has 2 aromatic heterocycles. The second-order valence-corrected chi connectivity index (χ2v) is 8.19. The Morgan fingerprint density at radius 3 is 2.61 bits per heavy atom. The number of nitrogens with zero attached hydrogens (tertiary/aromatic N) is 3. The van der Waals surface area contributed by atoms with Gasteiger partial charge in [-0.25, -0.2) is 4.98 Å². The van der Waals surface area contributed by atoms with Gasteiger partial charge in [0.1, 0.15) is 18.0 Å². The molecule has 0 saturated heterocycles. The molecular formula is C27H27F2N3O4. The number of carbonyl (C=O) groups excluding carboxylic acids is 1. The molecule has 0 fully saturated rings. The maximum atomic E-state index is 13.3. The third-order valence-electron chi connectivity index (χ3n) is 5.51. The zero-order valence-corrected chi connectivity index (χ0v) is 20.3. The summed E-state index contributed by atoms with van der Waals surface area (Å²) >= 11 is 0. The molecule has 188 valence electrons. The summed E-state index contributed by atoms with van der Waals surface area (Å²) in [5, 5.41) is 0. The van der Waals surface area contributed by atoms with Crippen LogP contribution in [0.2, 0.25) is 0 Å². The van der Waals surface area contributed by atoms with Crippen molar-refractivity contribution >= 4 is 11.6 Å². The first-order valence-electron chi connectivity index (χ1n) is 11.5. The molecule has 4 aromatic rings. The van der Waals surface area contributed by atoms with Crippen molar-refractivity contribution in [3.8, 4) is 17.2 Å². The number of para-hydroxylation sites is 1. The van der Waals surface area contributed by atoms with E-state index in [0.29, 0.717) is 16.9 Å². The van der Waals surface area contributed by atoms with E-state index in [1.165, 1.54) is 11.0 Å². The molecule has 0 saturated carbocycles. The van der Waals surface area contributed by atoms with Crippen molar-refractivity contribution in [2.45, 2.75) is 33.6 Å². The van der Waals surface area contributed by atoms with Crippen LogP contribution in [0.5, 0.6) is 17.2 Å². The fourth-order valence-electron chi connectivity index (χ4n) is 3.86. The molecule has 0 aliphatic heterocycles. The van der Waals surface area contributed by atoms with Crippen molar-refractivity contribution < 1.29 is 27.8 Å². The molecule has 1 amide bonds.